The number of para-hydroxylation sites is 1. The summed E-state index contributed by atoms with van der Waals surface area (Å²) >= 11 is 0. The van der Waals surface area contributed by atoms with Crippen LogP contribution < -0.4 is 4.74 Å². The van der Waals surface area contributed by atoms with Gasteiger partial charge in [-0.1, -0.05) is 24.3 Å². The van der Waals surface area contributed by atoms with Crippen molar-refractivity contribution in [1.82, 2.24) is 0 Å². The highest BCUT2D eigenvalue weighted by Gasteiger charge is 2.29. The number of fused-ring (bicyclic) bond motifs is 1. The number of rotatable bonds is 3. The Morgan fingerprint density at radius 2 is 2.10 bits per heavy atom. The summed E-state index contributed by atoms with van der Waals surface area (Å²) in [4.78, 5) is 0. The summed E-state index contributed by atoms with van der Waals surface area (Å²) in [7, 11) is 0. The maximum atomic E-state index is 13.3. The molecule has 0 spiro atoms. The number of halogens is 1. The van der Waals surface area contributed by atoms with Crippen molar-refractivity contribution < 1.29 is 14.2 Å². The molecule has 0 saturated heterocycles. The molecule has 0 saturated carbocycles. The Morgan fingerprint density at radius 3 is 2.90 bits per heavy atom. The molecular weight excluding hydrogens is 255 g/mol. The summed E-state index contributed by atoms with van der Waals surface area (Å²) < 4.78 is 19.0. The molecule has 0 radical (unpaired) electrons. The molecule has 2 nitrogen and oxygen atoms in total. The molecule has 1 aliphatic rings. The Bertz CT molecular complexity index is 599. The topological polar surface area (TPSA) is 29.5 Å². The number of aliphatic hydroxyl groups is 1. The maximum Gasteiger partial charge on any atom is 0.129 e. The lowest BCUT2D eigenvalue weighted by Gasteiger charge is -2.19. The molecule has 2 aromatic carbocycles. The minimum Gasteiger partial charge on any atom is -0.487 e. The van der Waals surface area contributed by atoms with Gasteiger partial charge in [-0.3, -0.25) is 0 Å². The summed E-state index contributed by atoms with van der Waals surface area (Å²) in [5.41, 5.74) is 2.94. The molecule has 0 amide bonds. The SMILES string of the molecule is Cc1ccc(F)cc1CC(O)C1Cc2ccccc2O1. The van der Waals surface area contributed by atoms with E-state index in [1.807, 2.05) is 31.2 Å². The van der Waals surface area contributed by atoms with E-state index >= 15 is 0 Å². The molecule has 104 valence electrons. The highest BCUT2D eigenvalue weighted by Crippen LogP contribution is 2.30. The van der Waals surface area contributed by atoms with E-state index in [4.69, 9.17) is 4.74 Å². The first-order chi connectivity index (χ1) is 9.63. The lowest BCUT2D eigenvalue weighted by molar-refractivity contribution is 0.0501. The van der Waals surface area contributed by atoms with Gasteiger partial charge in [0, 0.05) is 12.8 Å². The van der Waals surface area contributed by atoms with Gasteiger partial charge in [0.2, 0.25) is 0 Å². The molecule has 20 heavy (non-hydrogen) atoms. The molecule has 1 N–H and O–H groups in total. The molecule has 0 aliphatic carbocycles. The second kappa shape index (κ2) is 5.25. The largest absolute Gasteiger partial charge is 0.487 e. The van der Waals surface area contributed by atoms with Crippen molar-refractivity contribution in [2.24, 2.45) is 0 Å². The fourth-order valence-electron chi connectivity index (χ4n) is 2.64. The van der Waals surface area contributed by atoms with Gasteiger partial charge in [0.05, 0.1) is 6.10 Å². The van der Waals surface area contributed by atoms with Crippen LogP contribution in [0.5, 0.6) is 5.75 Å². The van der Waals surface area contributed by atoms with Gasteiger partial charge in [-0.05, 0) is 41.8 Å². The van der Waals surface area contributed by atoms with Crippen molar-refractivity contribution in [1.29, 1.82) is 0 Å². The Labute approximate surface area is 117 Å². The third-order valence-electron chi connectivity index (χ3n) is 3.84. The zero-order chi connectivity index (χ0) is 14.1. The fraction of sp³-hybridized carbons (Fsp3) is 0.294. The van der Waals surface area contributed by atoms with Crippen LogP contribution in [0.25, 0.3) is 0 Å². The molecule has 1 aliphatic heterocycles. The average molecular weight is 272 g/mol. The second-order valence-electron chi connectivity index (χ2n) is 5.31. The lowest BCUT2D eigenvalue weighted by Crippen LogP contribution is -2.32. The summed E-state index contributed by atoms with van der Waals surface area (Å²) in [6.07, 6.45) is 0.214. The Balaban J connectivity index is 1.72. The van der Waals surface area contributed by atoms with E-state index in [-0.39, 0.29) is 11.9 Å². The predicted molar refractivity (Wildman–Crippen MR) is 75.4 cm³/mol. The van der Waals surface area contributed by atoms with Crippen LogP contribution in [0.4, 0.5) is 4.39 Å². The zero-order valence-corrected chi connectivity index (χ0v) is 11.3. The van der Waals surface area contributed by atoms with Gasteiger partial charge in [0.1, 0.15) is 17.7 Å². The van der Waals surface area contributed by atoms with E-state index in [1.54, 1.807) is 6.07 Å². The van der Waals surface area contributed by atoms with Crippen LogP contribution in [-0.2, 0) is 12.8 Å². The molecule has 2 atom stereocenters. The summed E-state index contributed by atoms with van der Waals surface area (Å²) in [5, 5.41) is 10.3. The van der Waals surface area contributed by atoms with Gasteiger partial charge in [0.15, 0.2) is 0 Å². The molecule has 3 rings (SSSR count). The molecule has 1 heterocycles. The van der Waals surface area contributed by atoms with E-state index in [2.05, 4.69) is 0 Å². The Morgan fingerprint density at radius 1 is 1.30 bits per heavy atom. The molecule has 2 unspecified atom stereocenters. The van der Waals surface area contributed by atoms with Crippen molar-refractivity contribution >= 4 is 0 Å². The van der Waals surface area contributed by atoms with E-state index in [9.17, 15) is 9.50 Å². The van der Waals surface area contributed by atoms with Crippen LogP contribution in [0.1, 0.15) is 16.7 Å². The number of aliphatic hydroxyl groups excluding tert-OH is 1. The van der Waals surface area contributed by atoms with Crippen molar-refractivity contribution in [3.8, 4) is 5.75 Å². The van der Waals surface area contributed by atoms with Crippen LogP contribution in [0.2, 0.25) is 0 Å². The minimum atomic E-state index is -0.636. The van der Waals surface area contributed by atoms with Gasteiger partial charge in [-0.25, -0.2) is 4.39 Å². The summed E-state index contributed by atoms with van der Waals surface area (Å²) in [5.74, 6) is 0.570. The monoisotopic (exact) mass is 272 g/mol. The first-order valence-electron chi connectivity index (χ1n) is 6.81. The van der Waals surface area contributed by atoms with E-state index in [0.29, 0.717) is 12.8 Å². The van der Waals surface area contributed by atoms with Crippen LogP contribution in [0.15, 0.2) is 42.5 Å². The first-order valence-corrected chi connectivity index (χ1v) is 6.81. The highest BCUT2D eigenvalue weighted by atomic mass is 19.1. The Kier molecular flexibility index (Phi) is 3.45. The standard InChI is InChI=1S/C17H17FO2/c1-11-6-7-14(18)8-13(11)9-15(19)17-10-12-4-2-3-5-16(12)20-17/h2-8,15,17,19H,9-10H2,1H3. The van der Waals surface area contributed by atoms with Crippen molar-refractivity contribution in [2.45, 2.75) is 32.0 Å². The number of aryl methyl sites for hydroxylation is 1. The first kappa shape index (κ1) is 13.1. The number of hydrogen-bond donors (Lipinski definition) is 1. The van der Waals surface area contributed by atoms with Crippen molar-refractivity contribution in [3.05, 3.63) is 65.0 Å². The lowest BCUT2D eigenvalue weighted by atomic mass is 9.97. The van der Waals surface area contributed by atoms with Gasteiger partial charge in [0.25, 0.3) is 0 Å². The highest BCUT2D eigenvalue weighted by molar-refractivity contribution is 5.38. The minimum absolute atomic E-state index is 0.255. The zero-order valence-electron chi connectivity index (χ0n) is 11.3. The average Bonchev–Trinajstić information content (AvgIpc) is 2.87. The van der Waals surface area contributed by atoms with Gasteiger partial charge < -0.3 is 9.84 Å². The van der Waals surface area contributed by atoms with E-state index in [1.165, 1.54) is 12.1 Å². The molecular formula is C17H17FO2. The Hall–Kier alpha value is -1.87. The molecule has 0 aromatic heterocycles. The van der Waals surface area contributed by atoms with Crippen LogP contribution in [-0.4, -0.2) is 17.3 Å². The van der Waals surface area contributed by atoms with Crippen LogP contribution in [0, 0.1) is 12.7 Å². The normalized spacial score (nSPS) is 18.4. The van der Waals surface area contributed by atoms with E-state index in [0.717, 1.165) is 22.4 Å². The third-order valence-corrected chi connectivity index (χ3v) is 3.84. The van der Waals surface area contributed by atoms with Crippen LogP contribution in [0.3, 0.4) is 0 Å². The third kappa shape index (κ3) is 2.54. The van der Waals surface area contributed by atoms with Crippen LogP contribution >= 0.6 is 0 Å². The predicted octanol–water partition coefficient (Wildman–Crippen LogP) is 3.04. The maximum absolute atomic E-state index is 13.3. The number of hydrogen-bond acceptors (Lipinski definition) is 2. The van der Waals surface area contributed by atoms with Crippen molar-refractivity contribution in [3.63, 3.8) is 0 Å². The quantitative estimate of drug-likeness (QED) is 0.930. The van der Waals surface area contributed by atoms with E-state index < -0.39 is 6.10 Å². The second-order valence-corrected chi connectivity index (χ2v) is 5.31. The fourth-order valence-corrected chi connectivity index (χ4v) is 2.64. The molecule has 0 fully saturated rings. The van der Waals surface area contributed by atoms with Gasteiger partial charge >= 0.3 is 0 Å². The van der Waals surface area contributed by atoms with Gasteiger partial charge in [-0.15, -0.1) is 0 Å². The number of benzene rings is 2. The summed E-state index contributed by atoms with van der Waals surface area (Å²) in [6.45, 7) is 1.92. The molecule has 2 aromatic rings. The molecule has 3 heteroatoms. The smallest absolute Gasteiger partial charge is 0.129 e. The molecule has 0 bridgehead atoms. The van der Waals surface area contributed by atoms with Crippen molar-refractivity contribution in [2.75, 3.05) is 0 Å². The van der Waals surface area contributed by atoms with Gasteiger partial charge in [-0.2, -0.15) is 0 Å². The summed E-state index contributed by atoms with van der Waals surface area (Å²) in [6, 6.07) is 12.5. The number of ether oxygens (including phenoxy) is 1.